The van der Waals surface area contributed by atoms with Crippen LogP contribution in [0.15, 0.2) is 22.1 Å². The molecule has 0 spiro atoms. The second-order valence-electron chi connectivity index (χ2n) is 4.61. The van der Waals surface area contributed by atoms with E-state index in [0.717, 1.165) is 0 Å². The summed E-state index contributed by atoms with van der Waals surface area (Å²) >= 11 is 2.14. The van der Waals surface area contributed by atoms with Crippen LogP contribution in [0.4, 0.5) is 0 Å². The van der Waals surface area contributed by atoms with Crippen molar-refractivity contribution >= 4 is 0 Å². The van der Waals surface area contributed by atoms with Gasteiger partial charge in [-0.2, -0.15) is 0 Å². The first-order valence-electron chi connectivity index (χ1n) is 6.21. The van der Waals surface area contributed by atoms with Gasteiger partial charge in [0.05, 0.1) is 0 Å². The van der Waals surface area contributed by atoms with Gasteiger partial charge in [-0.05, 0) is 41.5 Å². The Morgan fingerprint density at radius 1 is 0.889 bits per heavy atom. The SMILES string of the molecule is CC(C)O.CC(C)O.CC(C)O.[Ti][C]1=CC=CC1. The number of aliphatic hydroxyl groups excluding tert-OH is 3. The standard InChI is InChI=1S/C5H5.3C3H8O.Ti/c1-2-4-5-3-1;3*1-3(2)4;/h1-3H,4H2;3*3-4H,1-2H3;. The second kappa shape index (κ2) is 17.1. The van der Waals surface area contributed by atoms with E-state index in [0.29, 0.717) is 0 Å². The summed E-state index contributed by atoms with van der Waals surface area (Å²) in [5, 5.41) is 24.2. The molecule has 3 N–H and O–H groups in total. The molecule has 18 heavy (non-hydrogen) atoms. The Morgan fingerprint density at radius 3 is 1.22 bits per heavy atom. The predicted octanol–water partition coefficient (Wildman–Crippen LogP) is 2.54. The van der Waals surface area contributed by atoms with Crippen LogP contribution in [0.2, 0.25) is 0 Å². The van der Waals surface area contributed by atoms with Crippen molar-refractivity contribution in [1.82, 2.24) is 0 Å². The third-order valence-electron chi connectivity index (χ3n) is 0.771. The average molecular weight is 293 g/mol. The molecule has 0 aromatic rings. The van der Waals surface area contributed by atoms with Crippen LogP contribution < -0.4 is 0 Å². The second-order valence-corrected chi connectivity index (χ2v) is 5.61. The quantitative estimate of drug-likeness (QED) is 0.601. The van der Waals surface area contributed by atoms with E-state index in [2.05, 4.69) is 38.7 Å². The molecule has 0 saturated heterocycles. The summed E-state index contributed by atoms with van der Waals surface area (Å²) in [4.78, 5) is 0. The molecule has 0 aromatic heterocycles. The topological polar surface area (TPSA) is 60.7 Å². The predicted molar refractivity (Wildman–Crippen MR) is 73.9 cm³/mol. The van der Waals surface area contributed by atoms with Gasteiger partial charge >= 0.3 is 49.0 Å². The Hall–Kier alpha value is 0.0743. The number of hydrogen-bond donors (Lipinski definition) is 3. The minimum atomic E-state index is -0.167. The number of hydrogen-bond acceptors (Lipinski definition) is 3. The zero-order chi connectivity index (χ0) is 15.1. The Balaban J connectivity index is -0.000000171. The summed E-state index contributed by atoms with van der Waals surface area (Å²) in [5.41, 5.74) is 0. The number of rotatable bonds is 0. The summed E-state index contributed by atoms with van der Waals surface area (Å²) < 4.78 is 1.47. The van der Waals surface area contributed by atoms with Crippen molar-refractivity contribution in [2.45, 2.75) is 66.3 Å². The van der Waals surface area contributed by atoms with Gasteiger partial charge in [-0.3, -0.25) is 0 Å². The molecule has 1 aliphatic rings. The van der Waals surface area contributed by atoms with Crippen LogP contribution in [0.5, 0.6) is 0 Å². The molecule has 4 heteroatoms. The van der Waals surface area contributed by atoms with Crippen LogP contribution >= 0.6 is 0 Å². The van der Waals surface area contributed by atoms with E-state index in [9.17, 15) is 0 Å². The Labute approximate surface area is 124 Å². The van der Waals surface area contributed by atoms with Gasteiger partial charge < -0.3 is 15.3 Å². The van der Waals surface area contributed by atoms with Crippen molar-refractivity contribution in [1.29, 1.82) is 0 Å². The maximum absolute atomic E-state index is 8.06. The van der Waals surface area contributed by atoms with Gasteiger partial charge in [-0.25, -0.2) is 0 Å². The fourth-order valence-corrected chi connectivity index (χ4v) is 0.782. The molecule has 0 bridgehead atoms. The van der Waals surface area contributed by atoms with Gasteiger partial charge in [0.15, 0.2) is 0 Å². The fourth-order valence-electron chi connectivity index (χ4n) is 0.447. The molecule has 3 nitrogen and oxygen atoms in total. The summed E-state index contributed by atoms with van der Waals surface area (Å²) in [6.07, 6.45) is 7.06. The van der Waals surface area contributed by atoms with Crippen molar-refractivity contribution in [3.8, 4) is 0 Å². The minimum absolute atomic E-state index is 0.167. The first kappa shape index (κ1) is 23.2. The van der Waals surface area contributed by atoms with Crippen molar-refractivity contribution in [2.75, 3.05) is 0 Å². The summed E-state index contributed by atoms with van der Waals surface area (Å²) in [5.74, 6) is 0. The normalized spacial score (nSPS) is 12.1. The van der Waals surface area contributed by atoms with Crippen LogP contribution in [0, 0.1) is 0 Å². The summed E-state index contributed by atoms with van der Waals surface area (Å²) in [7, 11) is 0. The number of aliphatic hydroxyl groups is 3. The van der Waals surface area contributed by atoms with Gasteiger partial charge in [-0.15, -0.1) is 0 Å². The zero-order valence-corrected chi connectivity index (χ0v) is 14.1. The van der Waals surface area contributed by atoms with Crippen LogP contribution in [-0.2, 0) is 20.4 Å². The molecule has 1 rings (SSSR count). The van der Waals surface area contributed by atoms with Gasteiger partial charge in [0.1, 0.15) is 0 Å². The van der Waals surface area contributed by atoms with Crippen molar-refractivity contribution in [2.24, 2.45) is 0 Å². The summed E-state index contributed by atoms with van der Waals surface area (Å²) in [6.45, 7) is 10.3. The average Bonchev–Trinajstić information content (AvgIpc) is 2.51. The number of allylic oxidation sites excluding steroid dienone is 4. The molecule has 0 aliphatic heterocycles. The van der Waals surface area contributed by atoms with E-state index in [1.54, 1.807) is 41.5 Å². The molecule has 0 atom stereocenters. The maximum atomic E-state index is 8.06. The van der Waals surface area contributed by atoms with Crippen LogP contribution in [-0.4, -0.2) is 33.6 Å². The van der Waals surface area contributed by atoms with Crippen molar-refractivity contribution in [3.63, 3.8) is 0 Å². The van der Waals surface area contributed by atoms with E-state index in [1.165, 1.54) is 10.3 Å². The molecule has 0 radical (unpaired) electrons. The van der Waals surface area contributed by atoms with E-state index < -0.39 is 0 Å². The van der Waals surface area contributed by atoms with E-state index in [4.69, 9.17) is 15.3 Å². The van der Waals surface area contributed by atoms with Crippen LogP contribution in [0.3, 0.4) is 0 Å². The Bertz CT molecular complexity index is 187. The van der Waals surface area contributed by atoms with Crippen LogP contribution in [0.1, 0.15) is 48.0 Å². The molecule has 0 unspecified atom stereocenters. The van der Waals surface area contributed by atoms with Gasteiger partial charge in [0.2, 0.25) is 0 Å². The van der Waals surface area contributed by atoms with Gasteiger partial charge in [0, 0.05) is 18.3 Å². The Kier molecular flexibility index (Phi) is 22.0. The molecule has 0 fully saturated rings. The first-order valence-corrected chi connectivity index (χ1v) is 6.99. The monoisotopic (exact) mass is 293 g/mol. The molecular weight excluding hydrogens is 264 g/mol. The van der Waals surface area contributed by atoms with Crippen molar-refractivity contribution in [3.05, 3.63) is 22.1 Å². The molecule has 1 aliphatic carbocycles. The molecule has 0 heterocycles. The van der Waals surface area contributed by atoms with E-state index >= 15 is 0 Å². The summed E-state index contributed by atoms with van der Waals surface area (Å²) in [6, 6.07) is 0. The van der Waals surface area contributed by atoms with Gasteiger partial charge in [-0.1, -0.05) is 0 Å². The molecule has 0 amide bonds. The third kappa shape index (κ3) is 73.0. The van der Waals surface area contributed by atoms with E-state index in [-0.39, 0.29) is 18.3 Å². The zero-order valence-electron chi connectivity index (χ0n) is 12.5. The molecule has 0 aromatic carbocycles. The van der Waals surface area contributed by atoms with Crippen LogP contribution in [0.25, 0.3) is 0 Å². The fraction of sp³-hybridized carbons (Fsp3) is 0.714. The molecule has 107 valence electrons. The first-order chi connectivity index (χ1) is 8.09. The molecular formula is C14H29O3Ti. The van der Waals surface area contributed by atoms with E-state index in [1.807, 2.05) is 0 Å². The third-order valence-corrected chi connectivity index (χ3v) is 1.35. The van der Waals surface area contributed by atoms with Gasteiger partial charge in [0.25, 0.3) is 0 Å². The molecule has 0 saturated carbocycles. The van der Waals surface area contributed by atoms with Crippen molar-refractivity contribution < 1.29 is 35.8 Å². The Morgan fingerprint density at radius 2 is 1.17 bits per heavy atom.